The van der Waals surface area contributed by atoms with Crippen LogP contribution in [0, 0.1) is 10.1 Å². The van der Waals surface area contributed by atoms with Crippen LogP contribution in [-0.2, 0) is 10.0 Å². The van der Waals surface area contributed by atoms with E-state index in [4.69, 9.17) is 5.14 Å². The highest BCUT2D eigenvalue weighted by Gasteiger charge is 2.22. The van der Waals surface area contributed by atoms with Gasteiger partial charge in [0.2, 0.25) is 10.0 Å². The average molecular weight is 286 g/mol. The molecule has 0 bridgehead atoms. The number of hydrogen-bond donors (Lipinski definition) is 3. The van der Waals surface area contributed by atoms with E-state index >= 15 is 0 Å². The first-order valence-electron chi connectivity index (χ1n) is 5.66. The van der Waals surface area contributed by atoms with Crippen LogP contribution in [0.3, 0.4) is 0 Å². The zero-order valence-corrected chi connectivity index (χ0v) is 10.8. The maximum absolute atomic E-state index is 11.2. The van der Waals surface area contributed by atoms with Crippen molar-refractivity contribution < 1.29 is 13.3 Å². The van der Waals surface area contributed by atoms with E-state index in [0.717, 1.165) is 19.0 Å². The maximum atomic E-state index is 11.2. The number of benzene rings is 1. The zero-order chi connectivity index (χ0) is 14.0. The third-order valence-electron chi connectivity index (χ3n) is 2.91. The van der Waals surface area contributed by atoms with Crippen LogP contribution in [0.4, 0.5) is 11.4 Å². The van der Waals surface area contributed by atoms with Crippen molar-refractivity contribution in [3.05, 3.63) is 28.3 Å². The van der Waals surface area contributed by atoms with Gasteiger partial charge in [0, 0.05) is 18.7 Å². The lowest BCUT2D eigenvalue weighted by Crippen LogP contribution is -2.22. The molecule has 1 fully saturated rings. The molecule has 0 saturated carbocycles. The van der Waals surface area contributed by atoms with E-state index in [-0.39, 0.29) is 16.6 Å². The van der Waals surface area contributed by atoms with E-state index < -0.39 is 14.9 Å². The summed E-state index contributed by atoms with van der Waals surface area (Å²) in [5.41, 5.74) is 0.00419. The minimum Gasteiger partial charge on any atom is -0.375 e. The minimum absolute atomic E-state index is 0.0963. The molecule has 19 heavy (non-hydrogen) atoms. The molecule has 1 saturated heterocycles. The van der Waals surface area contributed by atoms with E-state index in [0.29, 0.717) is 12.2 Å². The highest BCUT2D eigenvalue weighted by Crippen LogP contribution is 2.28. The molecule has 8 nitrogen and oxygen atoms in total. The van der Waals surface area contributed by atoms with E-state index in [9.17, 15) is 18.5 Å². The van der Waals surface area contributed by atoms with Gasteiger partial charge in [0.15, 0.2) is 0 Å². The Bertz CT molecular complexity index is 596. The number of nitrogens with zero attached hydrogens (tertiary/aromatic N) is 1. The highest BCUT2D eigenvalue weighted by molar-refractivity contribution is 7.89. The average Bonchev–Trinajstić information content (AvgIpc) is 2.80. The summed E-state index contributed by atoms with van der Waals surface area (Å²) in [4.78, 5) is 10.1. The van der Waals surface area contributed by atoms with Crippen molar-refractivity contribution in [2.45, 2.75) is 17.4 Å². The van der Waals surface area contributed by atoms with E-state index in [2.05, 4.69) is 10.6 Å². The fourth-order valence-electron chi connectivity index (χ4n) is 1.96. The van der Waals surface area contributed by atoms with Crippen molar-refractivity contribution in [1.82, 2.24) is 5.32 Å². The Balaban J connectivity index is 2.35. The number of nitro benzene ring substituents is 1. The second kappa shape index (κ2) is 5.11. The van der Waals surface area contributed by atoms with E-state index in [1.54, 1.807) is 0 Å². The standard InChI is InChI=1S/C10H14N4O4S/c11-19(17,18)8-1-2-9(10(5-8)14(15)16)13-7-3-4-12-6-7/h1-2,5,7,12-13H,3-4,6H2,(H2,11,17,18)/t7-/m0/s1. The van der Waals surface area contributed by atoms with Gasteiger partial charge >= 0.3 is 0 Å². The Morgan fingerprint density at radius 2 is 2.21 bits per heavy atom. The van der Waals surface area contributed by atoms with Crippen molar-refractivity contribution in [2.75, 3.05) is 18.4 Å². The first kappa shape index (κ1) is 13.7. The lowest BCUT2D eigenvalue weighted by Gasteiger charge is -2.13. The largest absolute Gasteiger partial charge is 0.375 e. The lowest BCUT2D eigenvalue weighted by molar-refractivity contribution is -0.384. The number of anilines is 1. The predicted molar refractivity (Wildman–Crippen MR) is 69.4 cm³/mol. The Morgan fingerprint density at radius 1 is 1.47 bits per heavy atom. The number of nitrogens with one attached hydrogen (secondary N) is 2. The second-order valence-electron chi connectivity index (χ2n) is 4.32. The van der Waals surface area contributed by atoms with Crippen molar-refractivity contribution in [3.8, 4) is 0 Å². The molecule has 1 aliphatic rings. The normalized spacial score (nSPS) is 19.3. The van der Waals surface area contributed by atoms with Crippen LogP contribution in [0.25, 0.3) is 0 Å². The third kappa shape index (κ3) is 3.19. The summed E-state index contributed by atoms with van der Waals surface area (Å²) in [5.74, 6) is 0. The monoisotopic (exact) mass is 286 g/mol. The summed E-state index contributed by atoms with van der Waals surface area (Å²) < 4.78 is 22.4. The third-order valence-corrected chi connectivity index (χ3v) is 3.83. The van der Waals surface area contributed by atoms with Gasteiger partial charge in [-0.25, -0.2) is 13.6 Å². The molecule has 0 amide bonds. The van der Waals surface area contributed by atoms with Crippen LogP contribution < -0.4 is 15.8 Å². The Kier molecular flexibility index (Phi) is 3.69. The van der Waals surface area contributed by atoms with E-state index in [1.807, 2.05) is 0 Å². The first-order chi connectivity index (χ1) is 8.88. The summed E-state index contributed by atoms with van der Waals surface area (Å²) in [6, 6.07) is 3.70. The molecule has 1 aromatic rings. The summed E-state index contributed by atoms with van der Waals surface area (Å²) in [6.07, 6.45) is 0.855. The van der Waals surface area contributed by atoms with Gasteiger partial charge in [0.25, 0.3) is 5.69 Å². The summed E-state index contributed by atoms with van der Waals surface area (Å²) in [6.45, 7) is 1.56. The molecule has 0 radical (unpaired) electrons. The van der Waals surface area contributed by atoms with Crippen LogP contribution >= 0.6 is 0 Å². The minimum atomic E-state index is -3.95. The van der Waals surface area contributed by atoms with Gasteiger partial charge < -0.3 is 10.6 Å². The number of nitro groups is 1. The SMILES string of the molecule is NS(=O)(=O)c1ccc(N[C@H]2CCNC2)c([N+](=O)[O-])c1. The van der Waals surface area contributed by atoms with Gasteiger partial charge in [-0.1, -0.05) is 0 Å². The van der Waals surface area contributed by atoms with Gasteiger partial charge in [-0.3, -0.25) is 10.1 Å². The summed E-state index contributed by atoms with van der Waals surface area (Å²) in [5, 5.41) is 22.1. The second-order valence-corrected chi connectivity index (χ2v) is 5.88. The number of nitrogens with two attached hydrogens (primary N) is 1. The Labute approximate surface area is 110 Å². The molecular formula is C10H14N4O4S. The predicted octanol–water partition coefficient (Wildman–Crippen LogP) is 0.0160. The molecule has 0 aliphatic carbocycles. The zero-order valence-electron chi connectivity index (χ0n) is 10.00. The van der Waals surface area contributed by atoms with Gasteiger partial charge in [-0.2, -0.15) is 0 Å². The molecule has 0 aromatic heterocycles. The molecule has 104 valence electrons. The molecule has 2 rings (SSSR count). The van der Waals surface area contributed by atoms with Crippen LogP contribution in [0.5, 0.6) is 0 Å². The molecular weight excluding hydrogens is 272 g/mol. The van der Waals surface area contributed by atoms with Gasteiger partial charge in [-0.15, -0.1) is 0 Å². The lowest BCUT2D eigenvalue weighted by atomic mass is 10.2. The molecule has 1 heterocycles. The molecule has 9 heteroatoms. The van der Waals surface area contributed by atoms with Gasteiger partial charge in [-0.05, 0) is 25.1 Å². The number of hydrogen-bond acceptors (Lipinski definition) is 6. The van der Waals surface area contributed by atoms with Crippen LogP contribution in [-0.4, -0.2) is 32.5 Å². The summed E-state index contributed by atoms with van der Waals surface area (Å²) in [7, 11) is -3.95. The topological polar surface area (TPSA) is 127 Å². The van der Waals surface area contributed by atoms with Crippen molar-refractivity contribution >= 4 is 21.4 Å². The van der Waals surface area contributed by atoms with Crippen LogP contribution in [0.2, 0.25) is 0 Å². The van der Waals surface area contributed by atoms with Crippen LogP contribution in [0.15, 0.2) is 23.1 Å². The highest BCUT2D eigenvalue weighted by atomic mass is 32.2. The smallest absolute Gasteiger partial charge is 0.293 e. The fraction of sp³-hybridized carbons (Fsp3) is 0.400. The molecule has 1 aromatic carbocycles. The maximum Gasteiger partial charge on any atom is 0.293 e. The Hall–Kier alpha value is -1.71. The molecule has 0 spiro atoms. The molecule has 1 aliphatic heterocycles. The van der Waals surface area contributed by atoms with Gasteiger partial charge in [0.1, 0.15) is 5.69 Å². The molecule has 1 atom stereocenters. The summed E-state index contributed by atoms with van der Waals surface area (Å²) >= 11 is 0. The Morgan fingerprint density at radius 3 is 2.74 bits per heavy atom. The van der Waals surface area contributed by atoms with Gasteiger partial charge in [0.05, 0.1) is 9.82 Å². The number of primary sulfonamides is 1. The van der Waals surface area contributed by atoms with Crippen LogP contribution in [0.1, 0.15) is 6.42 Å². The first-order valence-corrected chi connectivity index (χ1v) is 7.21. The van der Waals surface area contributed by atoms with Crippen molar-refractivity contribution in [1.29, 1.82) is 0 Å². The van der Waals surface area contributed by atoms with Crippen molar-refractivity contribution in [3.63, 3.8) is 0 Å². The number of sulfonamides is 1. The number of rotatable bonds is 4. The van der Waals surface area contributed by atoms with E-state index in [1.165, 1.54) is 12.1 Å². The van der Waals surface area contributed by atoms with Crippen molar-refractivity contribution in [2.24, 2.45) is 5.14 Å². The molecule has 4 N–H and O–H groups in total. The fourth-order valence-corrected chi connectivity index (χ4v) is 2.49. The molecule has 0 unspecified atom stereocenters. The quantitative estimate of drug-likeness (QED) is 0.528.